The number of nitrogens with zero attached hydrogens (tertiary/aromatic N) is 3. The van der Waals surface area contributed by atoms with Gasteiger partial charge in [-0.3, -0.25) is 4.79 Å². The standard InChI is InChI=1S/C21H28N4OS/c1-15-5-7-16(8-6-15)13-19-23-21(27-24-19)25-11-9-17(10-12-25)14-22-20(26)18-3-2-4-18/h5-8,17-18H,2-4,9-14H2,1H3,(H,22,26). The van der Waals surface area contributed by atoms with Gasteiger partial charge in [-0.1, -0.05) is 36.2 Å². The second-order valence-corrected chi connectivity index (χ2v) is 8.69. The maximum absolute atomic E-state index is 12.0. The number of anilines is 1. The van der Waals surface area contributed by atoms with Crippen molar-refractivity contribution in [3.63, 3.8) is 0 Å². The molecule has 4 rings (SSSR count). The average Bonchev–Trinajstić information content (AvgIpc) is 3.09. The van der Waals surface area contributed by atoms with Crippen LogP contribution in [-0.4, -0.2) is 34.9 Å². The SMILES string of the molecule is Cc1ccc(Cc2nsc(N3CCC(CNC(=O)C4CCC4)CC3)n2)cc1. The molecule has 0 spiro atoms. The summed E-state index contributed by atoms with van der Waals surface area (Å²) in [4.78, 5) is 19.1. The molecule has 0 radical (unpaired) electrons. The fourth-order valence-electron chi connectivity index (χ4n) is 3.72. The third-order valence-corrected chi connectivity index (χ3v) is 6.68. The molecule has 0 bridgehead atoms. The number of rotatable bonds is 6. The minimum atomic E-state index is 0.272. The summed E-state index contributed by atoms with van der Waals surface area (Å²) in [6.45, 7) is 4.94. The number of benzene rings is 1. The number of aryl methyl sites for hydroxylation is 1. The zero-order valence-corrected chi connectivity index (χ0v) is 16.8. The van der Waals surface area contributed by atoms with Crippen LogP contribution in [0, 0.1) is 18.8 Å². The van der Waals surface area contributed by atoms with E-state index in [9.17, 15) is 4.79 Å². The van der Waals surface area contributed by atoms with E-state index >= 15 is 0 Å². The number of amides is 1. The number of piperidine rings is 1. The normalized spacial score (nSPS) is 18.3. The van der Waals surface area contributed by atoms with Gasteiger partial charge in [-0.25, -0.2) is 4.98 Å². The van der Waals surface area contributed by atoms with Gasteiger partial charge >= 0.3 is 0 Å². The highest BCUT2D eigenvalue weighted by Crippen LogP contribution is 2.27. The van der Waals surface area contributed by atoms with Gasteiger partial charge in [0.1, 0.15) is 5.82 Å². The third kappa shape index (κ3) is 4.67. The summed E-state index contributed by atoms with van der Waals surface area (Å²) in [5.74, 6) is 2.06. The van der Waals surface area contributed by atoms with Gasteiger partial charge in [-0.05, 0) is 44.1 Å². The number of aromatic nitrogens is 2. The number of carbonyl (C=O) groups is 1. The lowest BCUT2D eigenvalue weighted by Crippen LogP contribution is -2.41. The van der Waals surface area contributed by atoms with Crippen LogP contribution in [0.25, 0.3) is 0 Å². The topological polar surface area (TPSA) is 58.1 Å². The second-order valence-electron chi connectivity index (χ2n) is 7.96. The van der Waals surface area contributed by atoms with Crippen molar-refractivity contribution in [2.45, 2.75) is 45.4 Å². The lowest BCUT2D eigenvalue weighted by molar-refractivity contribution is -0.127. The Morgan fingerprint density at radius 3 is 2.59 bits per heavy atom. The highest BCUT2D eigenvalue weighted by atomic mass is 32.1. The molecule has 2 aromatic rings. The molecule has 1 aromatic carbocycles. The van der Waals surface area contributed by atoms with Gasteiger partial charge in [0.2, 0.25) is 11.0 Å². The summed E-state index contributed by atoms with van der Waals surface area (Å²) in [7, 11) is 0. The zero-order valence-electron chi connectivity index (χ0n) is 16.0. The summed E-state index contributed by atoms with van der Waals surface area (Å²) >= 11 is 1.51. The Hall–Kier alpha value is -1.95. The van der Waals surface area contributed by atoms with E-state index in [2.05, 4.69) is 45.8 Å². The van der Waals surface area contributed by atoms with E-state index in [0.717, 1.165) is 62.7 Å². The molecule has 2 heterocycles. The van der Waals surface area contributed by atoms with Crippen LogP contribution in [0.4, 0.5) is 5.13 Å². The monoisotopic (exact) mass is 384 g/mol. The van der Waals surface area contributed by atoms with Gasteiger partial charge in [0.25, 0.3) is 0 Å². The van der Waals surface area contributed by atoms with Crippen LogP contribution in [0.2, 0.25) is 0 Å². The van der Waals surface area contributed by atoms with E-state index in [4.69, 9.17) is 4.98 Å². The predicted molar refractivity (Wildman–Crippen MR) is 109 cm³/mol. The van der Waals surface area contributed by atoms with E-state index < -0.39 is 0 Å². The van der Waals surface area contributed by atoms with Gasteiger partial charge in [-0.15, -0.1) is 0 Å². The van der Waals surface area contributed by atoms with Crippen LogP contribution in [0.1, 0.15) is 49.1 Å². The van der Waals surface area contributed by atoms with Crippen LogP contribution in [0.5, 0.6) is 0 Å². The van der Waals surface area contributed by atoms with Gasteiger partial charge in [0, 0.05) is 43.5 Å². The van der Waals surface area contributed by atoms with Gasteiger partial charge in [0.05, 0.1) is 0 Å². The summed E-state index contributed by atoms with van der Waals surface area (Å²) < 4.78 is 4.55. The molecular weight excluding hydrogens is 356 g/mol. The first-order valence-electron chi connectivity index (χ1n) is 10.1. The molecule has 1 saturated carbocycles. The largest absolute Gasteiger partial charge is 0.356 e. The molecule has 1 saturated heterocycles. The molecule has 144 valence electrons. The zero-order chi connectivity index (χ0) is 18.6. The summed E-state index contributed by atoms with van der Waals surface area (Å²) in [5, 5.41) is 4.20. The second kappa shape index (κ2) is 8.38. The van der Waals surface area contributed by atoms with E-state index in [1.54, 1.807) is 0 Å². The lowest BCUT2D eigenvalue weighted by atomic mass is 9.84. The number of nitrogens with one attached hydrogen (secondary N) is 1. The third-order valence-electron chi connectivity index (χ3n) is 5.87. The van der Waals surface area contributed by atoms with Crippen LogP contribution in [0.15, 0.2) is 24.3 Å². The van der Waals surface area contributed by atoms with Gasteiger partial charge in [-0.2, -0.15) is 4.37 Å². The average molecular weight is 385 g/mol. The van der Waals surface area contributed by atoms with Crippen molar-refractivity contribution in [1.29, 1.82) is 0 Å². The molecule has 5 nitrogen and oxygen atoms in total. The maximum atomic E-state index is 12.0. The first-order valence-corrected chi connectivity index (χ1v) is 10.9. The van der Waals surface area contributed by atoms with Crippen LogP contribution in [-0.2, 0) is 11.2 Å². The van der Waals surface area contributed by atoms with Crippen molar-refractivity contribution in [2.75, 3.05) is 24.5 Å². The van der Waals surface area contributed by atoms with Crippen molar-refractivity contribution in [3.05, 3.63) is 41.2 Å². The van der Waals surface area contributed by atoms with E-state index in [1.807, 2.05) is 0 Å². The summed E-state index contributed by atoms with van der Waals surface area (Å²) in [6.07, 6.45) is 6.37. The summed E-state index contributed by atoms with van der Waals surface area (Å²) in [5.41, 5.74) is 2.53. The van der Waals surface area contributed by atoms with Crippen molar-refractivity contribution in [3.8, 4) is 0 Å². The number of hydrogen-bond acceptors (Lipinski definition) is 5. The molecule has 1 aromatic heterocycles. The Morgan fingerprint density at radius 2 is 1.93 bits per heavy atom. The van der Waals surface area contributed by atoms with Crippen molar-refractivity contribution in [2.24, 2.45) is 11.8 Å². The Kier molecular flexibility index (Phi) is 5.72. The van der Waals surface area contributed by atoms with Gasteiger partial charge in [0.15, 0.2) is 0 Å². The fourth-order valence-corrected chi connectivity index (χ4v) is 4.46. The summed E-state index contributed by atoms with van der Waals surface area (Å²) in [6, 6.07) is 8.58. The van der Waals surface area contributed by atoms with Crippen LogP contribution >= 0.6 is 11.5 Å². The molecule has 6 heteroatoms. The Bertz CT molecular complexity index is 761. The first-order chi connectivity index (χ1) is 13.2. The van der Waals surface area contributed by atoms with E-state index in [0.29, 0.717) is 11.8 Å². The van der Waals surface area contributed by atoms with Crippen LogP contribution < -0.4 is 10.2 Å². The minimum absolute atomic E-state index is 0.272. The molecule has 27 heavy (non-hydrogen) atoms. The van der Waals surface area contributed by atoms with Crippen molar-refractivity contribution < 1.29 is 4.79 Å². The highest BCUT2D eigenvalue weighted by Gasteiger charge is 2.27. The molecular formula is C21H28N4OS. The lowest BCUT2D eigenvalue weighted by Gasteiger charge is -2.32. The van der Waals surface area contributed by atoms with Crippen molar-refractivity contribution in [1.82, 2.24) is 14.7 Å². The number of carbonyl (C=O) groups excluding carboxylic acids is 1. The van der Waals surface area contributed by atoms with E-state index in [-0.39, 0.29) is 5.91 Å². The molecule has 1 aliphatic carbocycles. The molecule has 2 aliphatic rings. The number of hydrogen-bond donors (Lipinski definition) is 1. The Labute approximate surface area is 165 Å². The molecule has 1 amide bonds. The highest BCUT2D eigenvalue weighted by molar-refractivity contribution is 7.09. The molecule has 0 atom stereocenters. The Morgan fingerprint density at radius 1 is 1.19 bits per heavy atom. The predicted octanol–water partition coefficient (Wildman–Crippen LogP) is 3.57. The smallest absolute Gasteiger partial charge is 0.223 e. The molecule has 1 N–H and O–H groups in total. The molecule has 1 aliphatic heterocycles. The first kappa shape index (κ1) is 18.4. The van der Waals surface area contributed by atoms with Crippen LogP contribution in [0.3, 0.4) is 0 Å². The Balaban J connectivity index is 1.24. The van der Waals surface area contributed by atoms with E-state index in [1.165, 1.54) is 29.1 Å². The quantitative estimate of drug-likeness (QED) is 0.827. The van der Waals surface area contributed by atoms with Crippen molar-refractivity contribution >= 4 is 22.6 Å². The molecule has 0 unspecified atom stereocenters. The molecule has 2 fully saturated rings. The fraction of sp³-hybridized carbons (Fsp3) is 0.571. The maximum Gasteiger partial charge on any atom is 0.223 e. The van der Waals surface area contributed by atoms with Gasteiger partial charge < -0.3 is 10.2 Å². The minimum Gasteiger partial charge on any atom is -0.356 e.